The predicted octanol–water partition coefficient (Wildman–Crippen LogP) is 21.1. The Hall–Kier alpha value is -4.56. The van der Waals surface area contributed by atoms with Crippen LogP contribution in [0.1, 0.15) is 179 Å². The fourth-order valence-electron chi connectivity index (χ4n) is 9.12. The van der Waals surface area contributed by atoms with Crippen LogP contribution in [0.15, 0.2) is 194 Å². The summed E-state index contributed by atoms with van der Waals surface area (Å²) in [4.78, 5) is 20.0. The van der Waals surface area contributed by atoms with Crippen LogP contribution in [0.5, 0.6) is 0 Å². The molecule has 0 saturated heterocycles. The molecule has 0 heterocycles. The summed E-state index contributed by atoms with van der Waals surface area (Å²) in [7, 11) is -2.37. The Balaban J connectivity index is -0.000000390. The second-order valence-electron chi connectivity index (χ2n) is 23.1. The summed E-state index contributed by atoms with van der Waals surface area (Å²) in [5.74, 6) is -0.893. The van der Waals surface area contributed by atoms with Crippen LogP contribution in [0.3, 0.4) is 0 Å². The predicted molar refractivity (Wildman–Crippen MR) is 418 cm³/mol. The quantitative estimate of drug-likeness (QED) is 0.00564. The van der Waals surface area contributed by atoms with E-state index in [2.05, 4.69) is 12.1 Å². The lowest BCUT2D eigenvalue weighted by Gasteiger charge is -2.28. The van der Waals surface area contributed by atoms with Crippen molar-refractivity contribution < 1.29 is 121 Å². The monoisotopic (exact) mass is 1760 g/mol. The van der Waals surface area contributed by atoms with Gasteiger partial charge in [0.05, 0.1) is 49.5 Å². The van der Waals surface area contributed by atoms with E-state index >= 15 is 0 Å². The van der Waals surface area contributed by atoms with Gasteiger partial charge in [-0.1, -0.05) is 197 Å². The molecule has 9 nitrogen and oxygen atoms in total. The molecule has 0 aromatic heterocycles. The number of alkyl halides is 16. The SMILES string of the molecule is C.CCO.ClCCl.ClCCl.FC(F)(F)C/C=C/CCCCOCc1ccccc1.FC(F)(F)CC[P+](c1ccccc1)(c1ccccc1)c1ccccc1.O=C(O)CCCCCCC(F)(F)F.O=CCCCCOCc1ccccc1.OCCCCCCCC(F)(F)F.OCCCCCOCc1ccccc1.[I-]. The maximum atomic E-state index is 13.2. The Bertz CT molecular complexity index is 2770. The van der Waals surface area contributed by atoms with Gasteiger partial charge in [-0.3, -0.25) is 4.79 Å². The summed E-state index contributed by atoms with van der Waals surface area (Å²) in [6.45, 7) is 6.48. The average molecular weight is 1760 g/mol. The van der Waals surface area contributed by atoms with Gasteiger partial charge in [0.1, 0.15) is 29.5 Å². The van der Waals surface area contributed by atoms with Gasteiger partial charge in [0.15, 0.2) is 0 Å². The second kappa shape index (κ2) is 76.4. The van der Waals surface area contributed by atoms with Gasteiger partial charge in [0, 0.05) is 65.3 Å². The van der Waals surface area contributed by atoms with E-state index in [0.29, 0.717) is 78.0 Å². The molecule has 0 saturated carbocycles. The first-order valence-electron chi connectivity index (χ1n) is 35.2. The topological polar surface area (TPSA) is 143 Å². The molecule has 0 spiro atoms. The van der Waals surface area contributed by atoms with Crippen molar-refractivity contribution in [2.75, 3.05) is 56.5 Å². The van der Waals surface area contributed by atoms with E-state index in [4.69, 9.17) is 81.0 Å². The molecule has 0 amide bonds. The second-order valence-corrected chi connectivity index (χ2v) is 28.3. The van der Waals surface area contributed by atoms with Crippen LogP contribution in [0, 0.1) is 0 Å². The number of aliphatic carboxylic acids is 1. The van der Waals surface area contributed by atoms with Crippen LogP contribution >= 0.6 is 53.7 Å². The van der Waals surface area contributed by atoms with Gasteiger partial charge in [0.25, 0.3) is 0 Å². The fraction of sp³-hybridized carbons (Fsp3) is 0.506. The molecule has 6 rings (SSSR count). The van der Waals surface area contributed by atoms with Gasteiger partial charge in [-0.05, 0) is 137 Å². The zero-order valence-electron chi connectivity index (χ0n) is 61.0. The smallest absolute Gasteiger partial charge is 0.392 e. The Kier molecular flexibility index (Phi) is 79.3. The number of carboxylic acids is 1. The lowest BCUT2D eigenvalue weighted by Crippen LogP contribution is -3.00. The number of halogens is 17. The molecular weight excluding hydrogens is 1640 g/mol. The number of allylic oxidation sites excluding steroid dienone is 2. The largest absolute Gasteiger partial charge is 1.00 e. The van der Waals surface area contributed by atoms with Gasteiger partial charge in [-0.15, -0.1) is 46.4 Å². The maximum absolute atomic E-state index is 13.2. The number of benzene rings is 6. The Morgan fingerprint density at radius 3 is 0.972 bits per heavy atom. The van der Waals surface area contributed by atoms with E-state index in [9.17, 15) is 62.3 Å². The number of unbranched alkanes of at least 4 members (excludes halogenated alkanes) is 13. The number of hydrogen-bond acceptors (Lipinski definition) is 8. The summed E-state index contributed by atoms with van der Waals surface area (Å²) < 4.78 is 161. The molecule has 0 aliphatic rings. The first-order valence-corrected chi connectivity index (χ1v) is 39.3. The van der Waals surface area contributed by atoms with E-state index in [-0.39, 0.29) is 80.7 Å². The zero-order valence-corrected chi connectivity index (χ0v) is 67.1. The third kappa shape index (κ3) is 75.5. The van der Waals surface area contributed by atoms with Gasteiger partial charge >= 0.3 is 30.7 Å². The Morgan fingerprint density at radius 2 is 0.676 bits per heavy atom. The first-order chi connectivity index (χ1) is 50.7. The highest BCUT2D eigenvalue weighted by Gasteiger charge is 2.48. The van der Waals surface area contributed by atoms with E-state index in [1.165, 1.54) is 17.2 Å². The number of rotatable bonds is 39. The molecule has 4 N–H and O–H groups in total. The van der Waals surface area contributed by atoms with Crippen molar-refractivity contribution in [3.05, 3.63) is 211 Å². The first kappa shape index (κ1) is 112. The van der Waals surface area contributed by atoms with Crippen molar-refractivity contribution >= 4 is 81.8 Å². The van der Waals surface area contributed by atoms with Crippen molar-refractivity contribution in [2.45, 2.75) is 207 Å². The minimum atomic E-state index is -4.18. The number of carbonyl (C=O) groups excluding carboxylic acids is 1. The molecular formula is C81H114Cl4F12IO9P. The summed E-state index contributed by atoms with van der Waals surface area (Å²) in [5, 5.41) is 36.1. The highest BCUT2D eigenvalue weighted by atomic mass is 127. The summed E-state index contributed by atoms with van der Waals surface area (Å²) in [6, 6.07) is 59.1. The highest BCUT2D eigenvalue weighted by molar-refractivity contribution is 7.95. The molecule has 0 aliphatic carbocycles. The number of carboxylic acid groups (broad SMARTS) is 1. The molecule has 108 heavy (non-hydrogen) atoms. The minimum absolute atomic E-state index is 0. The van der Waals surface area contributed by atoms with Crippen molar-refractivity contribution in [1.29, 1.82) is 0 Å². The Labute approximate surface area is 672 Å². The molecule has 0 radical (unpaired) electrons. The third-order valence-corrected chi connectivity index (χ3v) is 18.5. The number of ether oxygens (including phenoxy) is 3. The molecule has 0 unspecified atom stereocenters. The summed E-state index contributed by atoms with van der Waals surface area (Å²) in [6.07, 6.45) is -2.95. The fourth-order valence-corrected chi connectivity index (χ4v) is 13.4. The van der Waals surface area contributed by atoms with Crippen LogP contribution in [0.25, 0.3) is 0 Å². The van der Waals surface area contributed by atoms with Crippen LogP contribution in [0.2, 0.25) is 0 Å². The summed E-state index contributed by atoms with van der Waals surface area (Å²) >= 11 is 19.1. The van der Waals surface area contributed by atoms with Crippen molar-refractivity contribution in [1.82, 2.24) is 0 Å². The lowest BCUT2D eigenvalue weighted by atomic mass is 10.1. The molecule has 6 aromatic rings. The molecule has 0 aliphatic heterocycles. The summed E-state index contributed by atoms with van der Waals surface area (Å²) in [5.41, 5.74) is 3.55. The van der Waals surface area contributed by atoms with Gasteiger partial charge in [0.2, 0.25) is 0 Å². The number of aliphatic hydroxyl groups excluding tert-OH is 3. The van der Waals surface area contributed by atoms with E-state index in [0.717, 1.165) is 98.8 Å². The maximum Gasteiger partial charge on any atom is 0.392 e. The molecule has 0 fully saturated rings. The standard InChI is InChI=1S/C21H19F3P.C15H19F3O.C12H18O2.C12H16O2.C8H13F3O2.C8H15F3O.C2H6O.2CH2Cl2.CH4.HI/c22-21(23,24)16-17-25(18-10-4-1-5-11-18,19-12-6-2-7-13-19)20-14-8-3-9-15-20;16-15(17,18)11-7-2-1-3-8-12-19-13-14-9-5-4-6-10-14;2*13-9-5-2-6-10-14-11-12-7-3-1-4-8-12;9-8(10,11)6-4-2-1-3-5-7(12)13;9-8(10,11)6-4-2-1-3-5-7-12;1-2-3;2*2-1-3;;/h1-15H,16-17H2;2,4-7,9-10H,1,3,8,11-13H2;1,3-4,7-8,13H,2,5-6,9-11H2;1,3-4,7-9H,2,5-6,10-11H2;1-6H2,(H,12,13);12H,1-7H2;3H,2H2,1H3;2*1H2;1H4;1H/q+1;;;;;;;;;;/p-1/b;7-2+;;;;;;;;;. The highest BCUT2D eigenvalue weighted by Crippen LogP contribution is 2.56. The molecule has 0 bridgehead atoms. The lowest BCUT2D eigenvalue weighted by molar-refractivity contribution is -0.138. The van der Waals surface area contributed by atoms with E-state index in [1.807, 2.05) is 170 Å². The average Bonchev–Trinajstić information content (AvgIpc) is 0.758. The molecule has 0 atom stereocenters. The van der Waals surface area contributed by atoms with Crippen molar-refractivity contribution in [3.63, 3.8) is 0 Å². The van der Waals surface area contributed by atoms with Crippen molar-refractivity contribution in [3.8, 4) is 0 Å². The number of aliphatic hydroxyl groups is 3. The van der Waals surface area contributed by atoms with Crippen LogP contribution in [0.4, 0.5) is 52.7 Å². The normalized spacial score (nSPS) is 10.8. The Morgan fingerprint density at radius 1 is 0.398 bits per heavy atom. The van der Waals surface area contributed by atoms with E-state index < -0.39 is 63.6 Å². The van der Waals surface area contributed by atoms with Crippen LogP contribution < -0.4 is 39.9 Å². The van der Waals surface area contributed by atoms with Gasteiger partial charge < -0.3 is 63.4 Å². The van der Waals surface area contributed by atoms with Gasteiger partial charge in [-0.2, -0.15) is 52.7 Å². The zero-order chi connectivity index (χ0) is 79.7. The number of carbonyl (C=O) groups is 2. The van der Waals surface area contributed by atoms with Gasteiger partial charge in [-0.25, -0.2) is 0 Å². The van der Waals surface area contributed by atoms with Crippen molar-refractivity contribution in [2.24, 2.45) is 0 Å². The molecule has 6 aromatic carbocycles. The molecule has 616 valence electrons. The minimum Gasteiger partial charge on any atom is -1.00 e. The van der Waals surface area contributed by atoms with Crippen LogP contribution in [-0.4, -0.2) is 114 Å². The number of aldehydes is 1. The van der Waals surface area contributed by atoms with Crippen LogP contribution in [-0.2, 0) is 43.6 Å². The van der Waals surface area contributed by atoms with E-state index in [1.54, 1.807) is 13.0 Å². The number of hydrogen-bond donors (Lipinski definition) is 4. The third-order valence-electron chi connectivity index (χ3n) is 14.1. The molecule has 27 heteroatoms.